The summed E-state index contributed by atoms with van der Waals surface area (Å²) in [6.45, 7) is -1.15. The number of alkyl halides is 3. The molecule has 0 unspecified atom stereocenters. The maximum atomic E-state index is 12.2. The molecule has 0 spiro atoms. The van der Waals surface area contributed by atoms with Crippen LogP contribution in [0.15, 0.2) is 12.1 Å². The fraction of sp³-hybridized carbons (Fsp3) is 0.455. The molecule has 1 aromatic rings. The van der Waals surface area contributed by atoms with Crippen molar-refractivity contribution in [1.82, 2.24) is 4.90 Å². The van der Waals surface area contributed by atoms with Gasteiger partial charge in [0.25, 0.3) is 0 Å². The Hall–Kier alpha value is -1.14. The van der Waals surface area contributed by atoms with E-state index in [2.05, 4.69) is 0 Å². The third kappa shape index (κ3) is 4.27. The zero-order chi connectivity index (χ0) is 13.9. The van der Waals surface area contributed by atoms with Crippen LogP contribution in [0.3, 0.4) is 0 Å². The number of phenols is 1. The lowest BCUT2D eigenvalue weighted by Crippen LogP contribution is -2.30. The van der Waals surface area contributed by atoms with Gasteiger partial charge in [0, 0.05) is 23.2 Å². The van der Waals surface area contributed by atoms with Crippen LogP contribution < -0.4 is 4.74 Å². The van der Waals surface area contributed by atoms with E-state index in [1.807, 2.05) is 0 Å². The van der Waals surface area contributed by atoms with Gasteiger partial charge in [0.15, 0.2) is 11.5 Å². The van der Waals surface area contributed by atoms with E-state index in [1.165, 1.54) is 26.3 Å². The molecule has 0 aliphatic heterocycles. The van der Waals surface area contributed by atoms with Gasteiger partial charge < -0.3 is 9.84 Å². The maximum Gasteiger partial charge on any atom is 0.401 e. The first kappa shape index (κ1) is 14.9. The Kier molecular flexibility index (Phi) is 4.70. The molecule has 0 radical (unpaired) electrons. The lowest BCUT2D eigenvalue weighted by Gasteiger charge is -2.19. The van der Waals surface area contributed by atoms with Crippen molar-refractivity contribution in [3.63, 3.8) is 0 Å². The Morgan fingerprint density at radius 1 is 1.39 bits per heavy atom. The van der Waals surface area contributed by atoms with Crippen molar-refractivity contribution in [2.24, 2.45) is 0 Å². The van der Waals surface area contributed by atoms with Crippen molar-refractivity contribution in [3.05, 3.63) is 22.7 Å². The molecule has 0 amide bonds. The first-order chi connectivity index (χ1) is 8.23. The number of aromatic hydroxyl groups is 1. The summed E-state index contributed by atoms with van der Waals surface area (Å²) in [5.74, 6) is -0.0613. The van der Waals surface area contributed by atoms with Gasteiger partial charge in [-0.15, -0.1) is 0 Å². The lowest BCUT2D eigenvalue weighted by molar-refractivity contribution is -0.144. The number of hydrogen-bond acceptors (Lipinski definition) is 3. The molecule has 0 aliphatic carbocycles. The molecule has 3 nitrogen and oxygen atoms in total. The Balaban J connectivity index is 2.87. The number of ether oxygens (including phenoxy) is 1. The topological polar surface area (TPSA) is 32.7 Å². The van der Waals surface area contributed by atoms with Gasteiger partial charge in [0.1, 0.15) is 0 Å². The third-order valence-electron chi connectivity index (χ3n) is 2.23. The van der Waals surface area contributed by atoms with Gasteiger partial charge in [-0.05, 0) is 13.1 Å². The molecule has 0 bridgehead atoms. The van der Waals surface area contributed by atoms with Gasteiger partial charge in [-0.1, -0.05) is 11.6 Å². The summed E-state index contributed by atoms with van der Waals surface area (Å²) in [6, 6.07) is 2.80. The first-order valence-electron chi connectivity index (χ1n) is 5.03. The molecule has 0 atom stereocenters. The predicted octanol–water partition coefficient (Wildman–Crippen LogP) is 3.05. The third-order valence-corrected chi connectivity index (χ3v) is 2.45. The van der Waals surface area contributed by atoms with Crippen LogP contribution in [-0.2, 0) is 6.54 Å². The van der Waals surface area contributed by atoms with E-state index >= 15 is 0 Å². The van der Waals surface area contributed by atoms with Crippen molar-refractivity contribution in [2.45, 2.75) is 12.7 Å². The van der Waals surface area contributed by atoms with Crippen LogP contribution in [0.2, 0.25) is 5.02 Å². The quantitative estimate of drug-likeness (QED) is 0.922. The van der Waals surface area contributed by atoms with E-state index in [0.717, 1.165) is 4.90 Å². The number of halogens is 4. The highest BCUT2D eigenvalue weighted by Gasteiger charge is 2.29. The Labute approximate surface area is 108 Å². The highest BCUT2D eigenvalue weighted by Crippen LogP contribution is 2.34. The van der Waals surface area contributed by atoms with Gasteiger partial charge in [-0.3, -0.25) is 4.90 Å². The second-order valence-corrected chi connectivity index (χ2v) is 4.34. The summed E-state index contributed by atoms with van der Waals surface area (Å²) < 4.78 is 41.4. The molecule has 1 N–H and O–H groups in total. The Morgan fingerprint density at radius 2 is 2.00 bits per heavy atom. The van der Waals surface area contributed by atoms with Crippen LogP contribution in [-0.4, -0.2) is 36.9 Å². The molecule has 0 heterocycles. The number of benzene rings is 1. The minimum atomic E-state index is -4.28. The molecule has 7 heteroatoms. The maximum absolute atomic E-state index is 12.2. The molecular weight excluding hydrogens is 271 g/mol. The van der Waals surface area contributed by atoms with Crippen molar-refractivity contribution in [1.29, 1.82) is 0 Å². The number of rotatable bonds is 4. The van der Waals surface area contributed by atoms with Crippen LogP contribution in [0.1, 0.15) is 5.56 Å². The van der Waals surface area contributed by atoms with Gasteiger partial charge in [-0.25, -0.2) is 0 Å². The van der Waals surface area contributed by atoms with E-state index in [-0.39, 0.29) is 23.6 Å². The summed E-state index contributed by atoms with van der Waals surface area (Å²) in [4.78, 5) is 1.03. The normalized spacial score (nSPS) is 11.9. The predicted molar refractivity (Wildman–Crippen MR) is 62.1 cm³/mol. The monoisotopic (exact) mass is 283 g/mol. The minimum absolute atomic E-state index is 0.0811. The van der Waals surface area contributed by atoms with Crippen molar-refractivity contribution in [2.75, 3.05) is 20.7 Å². The Bertz CT molecular complexity index is 423. The molecule has 0 aliphatic rings. The SMILES string of the molecule is COc1cc(Cl)cc(CN(C)CC(F)(F)F)c1O. The van der Waals surface area contributed by atoms with Crippen LogP contribution in [0.4, 0.5) is 13.2 Å². The van der Waals surface area contributed by atoms with Gasteiger partial charge in [-0.2, -0.15) is 13.2 Å². The van der Waals surface area contributed by atoms with Gasteiger partial charge >= 0.3 is 6.18 Å². The fourth-order valence-electron chi connectivity index (χ4n) is 1.56. The second kappa shape index (κ2) is 5.67. The highest BCUT2D eigenvalue weighted by atomic mass is 35.5. The molecule has 0 saturated heterocycles. The smallest absolute Gasteiger partial charge is 0.401 e. The molecule has 18 heavy (non-hydrogen) atoms. The van der Waals surface area contributed by atoms with Crippen molar-refractivity contribution in [3.8, 4) is 11.5 Å². The van der Waals surface area contributed by atoms with Crippen LogP contribution in [0, 0.1) is 0 Å². The molecule has 0 saturated carbocycles. The van der Waals surface area contributed by atoms with E-state index in [4.69, 9.17) is 16.3 Å². The van der Waals surface area contributed by atoms with Gasteiger partial charge in [0.05, 0.1) is 13.7 Å². The highest BCUT2D eigenvalue weighted by molar-refractivity contribution is 6.30. The average Bonchev–Trinajstić information content (AvgIpc) is 2.20. The molecule has 1 rings (SSSR count). The van der Waals surface area contributed by atoms with E-state index in [0.29, 0.717) is 5.02 Å². The fourth-order valence-corrected chi connectivity index (χ4v) is 1.79. The first-order valence-corrected chi connectivity index (χ1v) is 5.41. The standard InChI is InChI=1S/C11H13ClF3NO2/c1-16(6-11(13,14)15)5-7-3-8(12)4-9(18-2)10(7)17/h3-4,17H,5-6H2,1-2H3. The molecule has 0 fully saturated rings. The number of phenolic OH excluding ortho intramolecular Hbond substituents is 1. The summed E-state index contributed by atoms with van der Waals surface area (Å²) in [6.07, 6.45) is -4.28. The number of hydrogen-bond donors (Lipinski definition) is 1. The Morgan fingerprint density at radius 3 is 2.50 bits per heavy atom. The molecule has 102 valence electrons. The zero-order valence-electron chi connectivity index (χ0n) is 9.88. The number of nitrogens with zero attached hydrogens (tertiary/aromatic N) is 1. The summed E-state index contributed by atoms with van der Waals surface area (Å²) in [5, 5.41) is 10.1. The zero-order valence-corrected chi connectivity index (χ0v) is 10.6. The largest absolute Gasteiger partial charge is 0.504 e. The van der Waals surface area contributed by atoms with Crippen molar-refractivity contribution >= 4 is 11.6 Å². The van der Waals surface area contributed by atoms with Crippen LogP contribution >= 0.6 is 11.6 Å². The van der Waals surface area contributed by atoms with E-state index in [9.17, 15) is 18.3 Å². The molecule has 1 aromatic carbocycles. The van der Waals surface area contributed by atoms with E-state index in [1.54, 1.807) is 0 Å². The lowest BCUT2D eigenvalue weighted by atomic mass is 10.1. The second-order valence-electron chi connectivity index (χ2n) is 3.90. The average molecular weight is 284 g/mol. The van der Waals surface area contributed by atoms with Crippen LogP contribution in [0.5, 0.6) is 11.5 Å². The van der Waals surface area contributed by atoms with Gasteiger partial charge in [0.2, 0.25) is 0 Å². The summed E-state index contributed by atoms with van der Waals surface area (Å²) in [7, 11) is 2.65. The minimum Gasteiger partial charge on any atom is -0.504 e. The molecular formula is C11H13ClF3NO2. The summed E-state index contributed by atoms with van der Waals surface area (Å²) in [5.41, 5.74) is 0.283. The summed E-state index contributed by atoms with van der Waals surface area (Å²) >= 11 is 5.79. The molecule has 0 aromatic heterocycles. The van der Waals surface area contributed by atoms with Crippen molar-refractivity contribution < 1.29 is 23.0 Å². The van der Waals surface area contributed by atoms with Crippen LogP contribution in [0.25, 0.3) is 0 Å². The number of methoxy groups -OCH3 is 1. The van der Waals surface area contributed by atoms with E-state index < -0.39 is 12.7 Å².